The van der Waals surface area contributed by atoms with E-state index in [1.54, 1.807) is 30.3 Å². The topological polar surface area (TPSA) is 135 Å². The molecule has 0 spiro atoms. The van der Waals surface area contributed by atoms with Crippen molar-refractivity contribution in [3.63, 3.8) is 0 Å². The Bertz CT molecular complexity index is 698. The van der Waals surface area contributed by atoms with Gasteiger partial charge >= 0.3 is 0 Å². The van der Waals surface area contributed by atoms with E-state index in [4.69, 9.17) is 10.5 Å². The first kappa shape index (κ1) is 20.6. The van der Waals surface area contributed by atoms with Crippen molar-refractivity contribution in [1.29, 1.82) is 0 Å². The monoisotopic (exact) mass is 407 g/mol. The molecule has 4 atom stereocenters. The molecule has 2 heterocycles. The third-order valence-corrected chi connectivity index (χ3v) is 5.53. The Morgan fingerprint density at radius 1 is 1.29 bits per heavy atom. The quantitative estimate of drug-likeness (QED) is 0.395. The molecule has 10 heteroatoms. The van der Waals surface area contributed by atoms with Crippen LogP contribution in [0.2, 0.25) is 0 Å². The molecular weight excluding hydrogens is 382 g/mol. The van der Waals surface area contributed by atoms with Crippen LogP contribution in [0.4, 0.5) is 0 Å². The number of carbonyl (C=O) groups is 3. The lowest BCUT2D eigenvalue weighted by atomic mass is 10.1. The van der Waals surface area contributed by atoms with Crippen LogP contribution in [-0.4, -0.2) is 60.4 Å². The van der Waals surface area contributed by atoms with Gasteiger partial charge in [-0.2, -0.15) is 0 Å². The van der Waals surface area contributed by atoms with Crippen molar-refractivity contribution < 1.29 is 19.1 Å². The van der Waals surface area contributed by atoms with Crippen LogP contribution < -0.4 is 27.0 Å². The molecule has 9 nitrogen and oxygen atoms in total. The summed E-state index contributed by atoms with van der Waals surface area (Å²) in [5.74, 6) is -0.742. The molecule has 2 aliphatic heterocycles. The van der Waals surface area contributed by atoms with Crippen LogP contribution in [0, 0.1) is 0 Å². The molecular formula is C18H25N5O4S. The van der Waals surface area contributed by atoms with Crippen molar-refractivity contribution >= 4 is 29.5 Å². The maximum atomic E-state index is 12.4. The van der Waals surface area contributed by atoms with E-state index in [-0.39, 0.29) is 23.7 Å². The summed E-state index contributed by atoms with van der Waals surface area (Å²) >= 11 is 1.22. The Balaban J connectivity index is 1.42. The van der Waals surface area contributed by atoms with E-state index in [9.17, 15) is 14.4 Å². The van der Waals surface area contributed by atoms with Crippen molar-refractivity contribution in [1.82, 2.24) is 21.3 Å². The largest absolute Gasteiger partial charge is 0.376 e. The second kappa shape index (κ2) is 9.87. The SMILES string of the molecule is NC1NC(SCC(=O)NCC2CCCO2)NC(=O)C1NC(=O)c1ccccc1. The first-order chi connectivity index (χ1) is 13.5. The minimum Gasteiger partial charge on any atom is -0.376 e. The van der Waals surface area contributed by atoms with Gasteiger partial charge in [-0.15, -0.1) is 11.8 Å². The molecule has 0 aromatic heterocycles. The smallest absolute Gasteiger partial charge is 0.252 e. The summed E-state index contributed by atoms with van der Waals surface area (Å²) in [5.41, 5.74) is 5.95. The van der Waals surface area contributed by atoms with Gasteiger partial charge in [-0.3, -0.25) is 19.7 Å². The van der Waals surface area contributed by atoms with Crippen molar-refractivity contribution in [3.05, 3.63) is 35.9 Å². The number of hydrogen-bond acceptors (Lipinski definition) is 7. The third kappa shape index (κ3) is 5.68. The average molecular weight is 407 g/mol. The van der Waals surface area contributed by atoms with E-state index in [0.717, 1.165) is 19.4 Å². The number of hydrogen-bond donors (Lipinski definition) is 5. The van der Waals surface area contributed by atoms with E-state index in [1.807, 2.05) is 0 Å². The van der Waals surface area contributed by atoms with Gasteiger partial charge in [0.15, 0.2) is 0 Å². The van der Waals surface area contributed by atoms with Gasteiger partial charge in [-0.1, -0.05) is 18.2 Å². The first-order valence-electron chi connectivity index (χ1n) is 9.21. The van der Waals surface area contributed by atoms with Crippen LogP contribution in [0.25, 0.3) is 0 Å². The summed E-state index contributed by atoms with van der Waals surface area (Å²) in [6.07, 6.45) is 1.30. The highest BCUT2D eigenvalue weighted by Crippen LogP contribution is 2.13. The summed E-state index contributed by atoms with van der Waals surface area (Å²) in [6, 6.07) is 7.69. The van der Waals surface area contributed by atoms with E-state index >= 15 is 0 Å². The van der Waals surface area contributed by atoms with E-state index in [2.05, 4.69) is 21.3 Å². The predicted molar refractivity (Wildman–Crippen MR) is 105 cm³/mol. The maximum absolute atomic E-state index is 12.4. The molecule has 0 saturated carbocycles. The zero-order chi connectivity index (χ0) is 19.9. The van der Waals surface area contributed by atoms with Gasteiger partial charge in [-0.25, -0.2) is 0 Å². The highest BCUT2D eigenvalue weighted by molar-refractivity contribution is 8.00. The van der Waals surface area contributed by atoms with Gasteiger partial charge in [0, 0.05) is 18.7 Å². The van der Waals surface area contributed by atoms with Crippen LogP contribution in [0.1, 0.15) is 23.2 Å². The summed E-state index contributed by atoms with van der Waals surface area (Å²) in [7, 11) is 0. The summed E-state index contributed by atoms with van der Waals surface area (Å²) in [5, 5.41) is 11.2. The number of amides is 3. The van der Waals surface area contributed by atoms with Gasteiger partial charge in [0.05, 0.1) is 18.0 Å². The summed E-state index contributed by atoms with van der Waals surface area (Å²) in [4.78, 5) is 36.5. The number of thioether (sulfide) groups is 1. The van der Waals surface area contributed by atoms with Crippen molar-refractivity contribution in [3.8, 4) is 0 Å². The van der Waals surface area contributed by atoms with Crippen LogP contribution >= 0.6 is 11.8 Å². The van der Waals surface area contributed by atoms with Gasteiger partial charge in [0.25, 0.3) is 5.91 Å². The molecule has 2 fully saturated rings. The molecule has 3 amide bonds. The minimum atomic E-state index is -0.905. The van der Waals surface area contributed by atoms with Crippen molar-refractivity contribution in [2.24, 2.45) is 5.73 Å². The Hall–Kier alpha value is -2.14. The molecule has 152 valence electrons. The second-order valence-electron chi connectivity index (χ2n) is 6.65. The fraction of sp³-hybridized carbons (Fsp3) is 0.500. The van der Waals surface area contributed by atoms with Crippen LogP contribution in [0.15, 0.2) is 30.3 Å². The average Bonchev–Trinajstić information content (AvgIpc) is 3.21. The maximum Gasteiger partial charge on any atom is 0.252 e. The molecule has 2 aliphatic rings. The Labute approximate surface area is 167 Å². The molecule has 2 saturated heterocycles. The number of nitrogens with one attached hydrogen (secondary N) is 4. The molecule has 0 aliphatic carbocycles. The molecule has 1 aromatic carbocycles. The fourth-order valence-electron chi connectivity index (χ4n) is 3.00. The normalized spacial score (nSPS) is 27.1. The Kier molecular flexibility index (Phi) is 7.26. The van der Waals surface area contributed by atoms with E-state index in [1.165, 1.54) is 11.8 Å². The van der Waals surface area contributed by atoms with E-state index < -0.39 is 23.6 Å². The van der Waals surface area contributed by atoms with Crippen LogP contribution in [0.3, 0.4) is 0 Å². The number of nitrogens with two attached hydrogens (primary N) is 1. The second-order valence-corrected chi connectivity index (χ2v) is 7.74. The summed E-state index contributed by atoms with van der Waals surface area (Å²) < 4.78 is 5.46. The van der Waals surface area contributed by atoms with Crippen molar-refractivity contribution in [2.45, 2.75) is 36.7 Å². The first-order valence-corrected chi connectivity index (χ1v) is 10.3. The van der Waals surface area contributed by atoms with Gasteiger partial charge in [0.1, 0.15) is 11.5 Å². The zero-order valence-electron chi connectivity index (χ0n) is 15.4. The van der Waals surface area contributed by atoms with Gasteiger partial charge < -0.3 is 26.4 Å². The lowest BCUT2D eigenvalue weighted by Gasteiger charge is -2.35. The minimum absolute atomic E-state index is 0.0869. The standard InChI is InChI=1S/C18H25N5O4S/c19-15-14(21-16(25)11-5-2-1-3-6-11)17(26)23-18(22-15)28-10-13(24)20-9-12-7-4-8-27-12/h1-3,5-6,12,14-15,18,22H,4,7-10,19H2,(H,20,24)(H,21,25)(H,23,26). The Morgan fingerprint density at radius 3 is 2.75 bits per heavy atom. The number of rotatable bonds is 7. The zero-order valence-corrected chi connectivity index (χ0v) is 16.2. The molecule has 4 unspecified atom stereocenters. The number of benzene rings is 1. The predicted octanol–water partition coefficient (Wildman–Crippen LogP) is -0.899. The molecule has 6 N–H and O–H groups in total. The number of carbonyl (C=O) groups excluding carboxylic acids is 3. The highest BCUT2D eigenvalue weighted by atomic mass is 32.2. The lowest BCUT2D eigenvalue weighted by molar-refractivity contribution is -0.126. The van der Waals surface area contributed by atoms with Crippen LogP contribution in [0.5, 0.6) is 0 Å². The van der Waals surface area contributed by atoms with Gasteiger partial charge in [0.2, 0.25) is 11.8 Å². The molecule has 3 rings (SSSR count). The van der Waals surface area contributed by atoms with E-state index in [0.29, 0.717) is 12.1 Å². The molecule has 1 aromatic rings. The van der Waals surface area contributed by atoms with Crippen LogP contribution in [-0.2, 0) is 14.3 Å². The fourth-order valence-corrected chi connectivity index (χ4v) is 3.87. The Morgan fingerprint density at radius 2 is 2.07 bits per heavy atom. The molecule has 0 radical (unpaired) electrons. The van der Waals surface area contributed by atoms with Crippen molar-refractivity contribution in [2.75, 3.05) is 18.9 Å². The highest BCUT2D eigenvalue weighted by Gasteiger charge is 2.35. The number of ether oxygens (including phenoxy) is 1. The molecule has 0 bridgehead atoms. The molecule has 28 heavy (non-hydrogen) atoms. The lowest BCUT2D eigenvalue weighted by Crippen LogP contribution is -2.70. The summed E-state index contributed by atoms with van der Waals surface area (Å²) in [6.45, 7) is 1.24. The third-order valence-electron chi connectivity index (χ3n) is 4.51. The van der Waals surface area contributed by atoms with Gasteiger partial charge in [-0.05, 0) is 25.0 Å².